The fourth-order valence-electron chi connectivity index (χ4n) is 3.74. The SMILES string of the molecule is C[C@H](c1ncccn1)N(Cc1ccc(C2CC2)nn1)C(=O)c1ccc2nc(N)c(I)cc2c1. The number of nitrogen functional groups attached to an aromatic ring is 1. The Bertz CT molecular complexity index is 1310. The summed E-state index contributed by atoms with van der Waals surface area (Å²) in [6.07, 6.45) is 5.70. The van der Waals surface area contributed by atoms with Crippen molar-refractivity contribution >= 4 is 45.2 Å². The van der Waals surface area contributed by atoms with E-state index in [1.54, 1.807) is 29.4 Å². The Morgan fingerprint density at radius 3 is 2.64 bits per heavy atom. The smallest absolute Gasteiger partial charge is 0.254 e. The standard InChI is InChI=1S/C24H22IN7O/c1-14(23-27-9-2-10-28-23)32(13-18-6-8-21(31-30-18)15-3-4-15)24(33)16-5-7-20-17(11-16)12-19(25)22(26)29-20/h2,5-12,14-15H,3-4,13H2,1H3,(H2,26,29)/t14-/m1/s1. The largest absolute Gasteiger partial charge is 0.383 e. The number of hydrogen-bond donors (Lipinski definition) is 1. The second-order valence-electron chi connectivity index (χ2n) is 8.20. The fraction of sp³-hybridized carbons (Fsp3) is 0.250. The minimum Gasteiger partial charge on any atom is -0.383 e. The monoisotopic (exact) mass is 551 g/mol. The van der Waals surface area contributed by atoms with Crippen molar-refractivity contribution in [2.75, 3.05) is 5.73 Å². The molecule has 0 radical (unpaired) electrons. The molecule has 166 valence electrons. The van der Waals surface area contributed by atoms with Gasteiger partial charge in [0.1, 0.15) is 11.6 Å². The van der Waals surface area contributed by atoms with Crippen molar-refractivity contribution in [2.24, 2.45) is 0 Å². The number of fused-ring (bicyclic) bond motifs is 1. The van der Waals surface area contributed by atoms with Crippen molar-refractivity contribution in [3.8, 4) is 0 Å². The molecule has 4 aromatic rings. The number of halogens is 1. The summed E-state index contributed by atoms with van der Waals surface area (Å²) in [5, 5.41) is 9.63. The molecule has 1 saturated carbocycles. The maximum Gasteiger partial charge on any atom is 0.254 e. The summed E-state index contributed by atoms with van der Waals surface area (Å²) >= 11 is 2.15. The van der Waals surface area contributed by atoms with Gasteiger partial charge in [-0.3, -0.25) is 4.79 Å². The van der Waals surface area contributed by atoms with E-state index < -0.39 is 0 Å². The molecule has 0 bridgehead atoms. The molecule has 0 saturated heterocycles. The average Bonchev–Trinajstić information content (AvgIpc) is 3.69. The normalized spacial score (nSPS) is 14.2. The number of aromatic nitrogens is 5. The first-order valence-corrected chi connectivity index (χ1v) is 11.8. The van der Waals surface area contributed by atoms with Gasteiger partial charge in [0.25, 0.3) is 5.91 Å². The highest BCUT2D eigenvalue weighted by molar-refractivity contribution is 14.1. The van der Waals surface area contributed by atoms with Crippen LogP contribution in [0.2, 0.25) is 0 Å². The van der Waals surface area contributed by atoms with Crippen LogP contribution in [-0.2, 0) is 6.54 Å². The van der Waals surface area contributed by atoms with Crippen molar-refractivity contribution in [3.05, 3.63) is 81.2 Å². The predicted molar refractivity (Wildman–Crippen MR) is 133 cm³/mol. The molecule has 1 aliphatic carbocycles. The Balaban J connectivity index is 1.49. The highest BCUT2D eigenvalue weighted by Gasteiger charge is 2.27. The Morgan fingerprint density at radius 1 is 1.15 bits per heavy atom. The van der Waals surface area contributed by atoms with Gasteiger partial charge in [-0.2, -0.15) is 10.2 Å². The van der Waals surface area contributed by atoms with Crippen molar-refractivity contribution in [1.29, 1.82) is 0 Å². The van der Waals surface area contributed by atoms with Crippen LogP contribution in [0.5, 0.6) is 0 Å². The maximum absolute atomic E-state index is 13.7. The molecule has 1 atom stereocenters. The van der Waals surface area contributed by atoms with Gasteiger partial charge in [0.05, 0.1) is 33.1 Å². The van der Waals surface area contributed by atoms with Crippen molar-refractivity contribution in [3.63, 3.8) is 0 Å². The van der Waals surface area contributed by atoms with Crippen molar-refractivity contribution in [1.82, 2.24) is 30.0 Å². The van der Waals surface area contributed by atoms with E-state index >= 15 is 0 Å². The number of carbonyl (C=O) groups excluding carboxylic acids is 1. The minimum absolute atomic E-state index is 0.142. The molecular weight excluding hydrogens is 529 g/mol. The van der Waals surface area contributed by atoms with Crippen LogP contribution in [0.3, 0.4) is 0 Å². The van der Waals surface area contributed by atoms with Crippen LogP contribution in [0.1, 0.15) is 59.3 Å². The van der Waals surface area contributed by atoms with E-state index in [0.717, 1.165) is 25.9 Å². The van der Waals surface area contributed by atoms with Gasteiger partial charge in [0, 0.05) is 29.3 Å². The van der Waals surface area contributed by atoms with Gasteiger partial charge < -0.3 is 10.6 Å². The number of rotatable bonds is 6. The number of nitrogens with two attached hydrogens (primary N) is 1. The second kappa shape index (κ2) is 8.97. The molecule has 33 heavy (non-hydrogen) atoms. The van der Waals surface area contributed by atoms with Gasteiger partial charge >= 0.3 is 0 Å². The van der Waals surface area contributed by atoms with Gasteiger partial charge in [0.2, 0.25) is 0 Å². The van der Waals surface area contributed by atoms with Crippen LogP contribution in [0.4, 0.5) is 5.82 Å². The molecule has 8 nitrogen and oxygen atoms in total. The number of anilines is 1. The van der Waals surface area contributed by atoms with E-state index in [1.807, 2.05) is 37.3 Å². The van der Waals surface area contributed by atoms with Gasteiger partial charge in [-0.05, 0) is 84.8 Å². The lowest BCUT2D eigenvalue weighted by Crippen LogP contribution is -2.34. The molecule has 3 heterocycles. The van der Waals surface area contributed by atoms with E-state index in [0.29, 0.717) is 29.7 Å². The molecule has 2 N–H and O–H groups in total. The summed E-state index contributed by atoms with van der Waals surface area (Å²) in [6, 6.07) is 12.7. The zero-order chi connectivity index (χ0) is 22.9. The highest BCUT2D eigenvalue weighted by Crippen LogP contribution is 2.38. The second-order valence-corrected chi connectivity index (χ2v) is 9.36. The van der Waals surface area contributed by atoms with Gasteiger partial charge in [-0.25, -0.2) is 15.0 Å². The summed E-state index contributed by atoms with van der Waals surface area (Å²) in [7, 11) is 0. The third-order valence-electron chi connectivity index (χ3n) is 5.80. The van der Waals surface area contributed by atoms with Gasteiger partial charge in [-0.15, -0.1) is 0 Å². The number of benzene rings is 1. The molecule has 0 aliphatic heterocycles. The zero-order valence-corrected chi connectivity index (χ0v) is 20.2. The predicted octanol–water partition coefficient (Wildman–Crippen LogP) is 4.28. The quantitative estimate of drug-likeness (QED) is 0.356. The van der Waals surface area contributed by atoms with E-state index in [9.17, 15) is 4.79 Å². The van der Waals surface area contributed by atoms with Crippen molar-refractivity contribution in [2.45, 2.75) is 38.3 Å². The number of nitrogens with zero attached hydrogens (tertiary/aromatic N) is 6. The Morgan fingerprint density at radius 2 is 1.94 bits per heavy atom. The molecule has 1 amide bonds. The zero-order valence-electron chi connectivity index (χ0n) is 18.0. The molecule has 0 unspecified atom stereocenters. The molecule has 1 fully saturated rings. The van der Waals surface area contributed by atoms with Crippen LogP contribution in [0.25, 0.3) is 10.9 Å². The number of carbonyl (C=O) groups is 1. The third-order valence-corrected chi connectivity index (χ3v) is 6.66. The number of amides is 1. The topological polar surface area (TPSA) is 111 Å². The summed E-state index contributed by atoms with van der Waals surface area (Å²) in [5.41, 5.74) is 8.98. The molecule has 1 aliphatic rings. The lowest BCUT2D eigenvalue weighted by molar-refractivity contribution is 0.0663. The first-order chi connectivity index (χ1) is 16.0. The van der Waals surface area contributed by atoms with Gasteiger partial charge in [-0.1, -0.05) is 0 Å². The first-order valence-electron chi connectivity index (χ1n) is 10.8. The van der Waals surface area contributed by atoms with E-state index in [2.05, 4.69) is 47.7 Å². The Kier molecular flexibility index (Phi) is 5.88. The van der Waals surface area contributed by atoms with E-state index in [4.69, 9.17) is 5.73 Å². The third kappa shape index (κ3) is 4.63. The van der Waals surface area contributed by atoms with E-state index in [1.165, 1.54) is 12.8 Å². The Hall–Kier alpha value is -3.21. The lowest BCUT2D eigenvalue weighted by Gasteiger charge is -2.28. The van der Waals surface area contributed by atoms with Crippen LogP contribution in [0.15, 0.2) is 54.9 Å². The molecule has 0 spiro atoms. The maximum atomic E-state index is 13.7. The molecule has 3 aromatic heterocycles. The summed E-state index contributed by atoms with van der Waals surface area (Å²) < 4.78 is 0.846. The lowest BCUT2D eigenvalue weighted by atomic mass is 10.1. The van der Waals surface area contributed by atoms with Crippen LogP contribution < -0.4 is 5.73 Å². The highest BCUT2D eigenvalue weighted by atomic mass is 127. The molecule has 9 heteroatoms. The summed E-state index contributed by atoms with van der Waals surface area (Å²) in [4.78, 5) is 28.6. The van der Waals surface area contributed by atoms with Crippen LogP contribution in [0, 0.1) is 3.57 Å². The molecule has 5 rings (SSSR count). The summed E-state index contributed by atoms with van der Waals surface area (Å²) in [6.45, 7) is 2.22. The van der Waals surface area contributed by atoms with Gasteiger partial charge in [0.15, 0.2) is 0 Å². The number of pyridine rings is 1. The summed E-state index contributed by atoms with van der Waals surface area (Å²) in [5.74, 6) is 1.44. The molecule has 1 aromatic carbocycles. The average molecular weight is 551 g/mol. The van der Waals surface area contributed by atoms with E-state index in [-0.39, 0.29) is 11.9 Å². The minimum atomic E-state index is -0.357. The molecular formula is C24H22IN7O. The van der Waals surface area contributed by atoms with Crippen LogP contribution in [-0.4, -0.2) is 36.0 Å². The number of hydrogen-bond acceptors (Lipinski definition) is 7. The fourth-order valence-corrected chi connectivity index (χ4v) is 4.20. The van der Waals surface area contributed by atoms with Crippen LogP contribution >= 0.6 is 22.6 Å². The van der Waals surface area contributed by atoms with Crippen molar-refractivity contribution < 1.29 is 4.79 Å². The first kappa shape index (κ1) is 21.6. The Labute approximate surface area is 204 Å².